The van der Waals surface area contributed by atoms with E-state index in [1.165, 1.54) is 0 Å². The molecular weight excluding hydrogens is 208 g/mol. The van der Waals surface area contributed by atoms with E-state index in [-0.39, 0.29) is 0 Å². The van der Waals surface area contributed by atoms with Crippen LogP contribution >= 0.6 is 0 Å². The first-order chi connectivity index (χ1) is 5.88. The van der Waals surface area contributed by atoms with Gasteiger partial charge in [-0.3, -0.25) is 8.74 Å². The van der Waals surface area contributed by atoms with Crippen molar-refractivity contribution < 1.29 is 12.9 Å². The zero-order chi connectivity index (χ0) is 10.1. The van der Waals surface area contributed by atoms with E-state index in [0.717, 1.165) is 24.0 Å². The topological polar surface area (TPSA) is 46.5 Å². The highest BCUT2D eigenvalue weighted by Gasteiger charge is 2.23. The van der Waals surface area contributed by atoms with Gasteiger partial charge in [-0.05, 0) is 24.8 Å². The lowest BCUT2D eigenvalue weighted by Crippen LogP contribution is -2.23. The van der Waals surface area contributed by atoms with Crippen LogP contribution in [0, 0.1) is 0 Å². The van der Waals surface area contributed by atoms with Crippen molar-refractivity contribution in [1.82, 2.24) is 0 Å². The zero-order valence-electron chi connectivity index (χ0n) is 7.19. The van der Waals surface area contributed by atoms with E-state index >= 15 is 0 Å². The Bertz CT molecular complexity index is 329. The predicted molar refractivity (Wildman–Crippen MR) is 55.1 cm³/mol. The van der Waals surface area contributed by atoms with Gasteiger partial charge in [-0.1, -0.05) is 18.7 Å². The lowest BCUT2D eigenvalue weighted by molar-refractivity contribution is 0.222. The van der Waals surface area contributed by atoms with Crippen molar-refractivity contribution in [2.24, 2.45) is 0 Å². The van der Waals surface area contributed by atoms with Crippen molar-refractivity contribution in [2.75, 3.05) is 0 Å². The standard InChI is InChI=1S/C8H12O3S2/c1-6-3-4-7(2)8(5-6)11-13(9,10)12/h8H,1-5H2,(H,9,10,12). The molecule has 2 unspecified atom stereocenters. The third-order valence-corrected chi connectivity index (χ3v) is 2.68. The molecule has 1 aliphatic carbocycles. The maximum Gasteiger partial charge on any atom is 0.267 e. The highest BCUT2D eigenvalue weighted by atomic mass is 32.9. The minimum Gasteiger partial charge on any atom is -0.285 e. The van der Waals surface area contributed by atoms with Gasteiger partial charge in [-0.2, -0.15) is 4.21 Å². The summed E-state index contributed by atoms with van der Waals surface area (Å²) < 4.78 is 24.4. The minimum atomic E-state index is -3.55. The van der Waals surface area contributed by atoms with Gasteiger partial charge in [0.15, 0.2) is 0 Å². The molecule has 1 aliphatic rings. The molecule has 0 aromatic heterocycles. The first-order valence-electron chi connectivity index (χ1n) is 3.88. The Hall–Kier alpha value is -0.230. The zero-order valence-corrected chi connectivity index (χ0v) is 8.83. The Morgan fingerprint density at radius 3 is 2.69 bits per heavy atom. The summed E-state index contributed by atoms with van der Waals surface area (Å²) in [5, 5.41) is 0. The maximum absolute atomic E-state index is 10.8. The molecular formula is C8H12O3S2. The molecule has 1 N–H and O–H groups in total. The molecule has 2 atom stereocenters. The Morgan fingerprint density at radius 1 is 1.54 bits per heavy atom. The third-order valence-electron chi connectivity index (χ3n) is 1.97. The highest BCUT2D eigenvalue weighted by molar-refractivity contribution is 8.27. The van der Waals surface area contributed by atoms with E-state index in [2.05, 4.69) is 24.3 Å². The van der Waals surface area contributed by atoms with E-state index in [4.69, 9.17) is 8.74 Å². The summed E-state index contributed by atoms with van der Waals surface area (Å²) in [7, 11) is -3.55. The van der Waals surface area contributed by atoms with Crippen molar-refractivity contribution in [3.8, 4) is 0 Å². The second kappa shape index (κ2) is 3.88. The predicted octanol–water partition coefficient (Wildman–Crippen LogP) is 1.80. The van der Waals surface area contributed by atoms with Gasteiger partial charge in [-0.15, -0.1) is 0 Å². The molecule has 0 radical (unpaired) electrons. The van der Waals surface area contributed by atoms with Crippen molar-refractivity contribution in [3.05, 3.63) is 24.3 Å². The second-order valence-electron chi connectivity index (χ2n) is 3.12. The first-order valence-corrected chi connectivity index (χ1v) is 6.25. The van der Waals surface area contributed by atoms with Crippen molar-refractivity contribution in [2.45, 2.75) is 25.4 Å². The largest absolute Gasteiger partial charge is 0.285 e. The summed E-state index contributed by atoms with van der Waals surface area (Å²) in [4.78, 5) is 0. The fraction of sp³-hybridized carbons (Fsp3) is 0.500. The average molecular weight is 220 g/mol. The van der Waals surface area contributed by atoms with Crippen LogP contribution in [0.5, 0.6) is 0 Å². The molecule has 1 rings (SSSR count). The van der Waals surface area contributed by atoms with Gasteiger partial charge in [0.05, 0.1) is 0 Å². The van der Waals surface area contributed by atoms with Crippen LogP contribution in [0.25, 0.3) is 0 Å². The molecule has 5 heteroatoms. The molecule has 0 aromatic carbocycles. The summed E-state index contributed by atoms with van der Waals surface area (Å²) in [6.45, 7) is 7.56. The third kappa shape index (κ3) is 3.56. The van der Waals surface area contributed by atoms with Crippen LogP contribution in [0.2, 0.25) is 0 Å². The second-order valence-corrected chi connectivity index (χ2v) is 5.44. The Balaban J connectivity index is 2.67. The summed E-state index contributed by atoms with van der Waals surface area (Å²) in [5.41, 5.74) is 1.83. The van der Waals surface area contributed by atoms with Crippen molar-refractivity contribution >= 4 is 20.2 Å². The molecule has 0 saturated heterocycles. The fourth-order valence-corrected chi connectivity index (χ4v) is 2.04. The summed E-state index contributed by atoms with van der Waals surface area (Å²) in [6, 6.07) is 0. The molecule has 74 valence electrons. The average Bonchev–Trinajstić information content (AvgIpc) is 1.94. The molecule has 0 bridgehead atoms. The van der Waals surface area contributed by atoms with Crippen LogP contribution in [0.3, 0.4) is 0 Å². The van der Waals surface area contributed by atoms with Gasteiger partial charge in [-0.25, -0.2) is 0 Å². The van der Waals surface area contributed by atoms with Crippen LogP contribution < -0.4 is 0 Å². The Morgan fingerprint density at radius 2 is 2.15 bits per heavy atom. The molecule has 3 nitrogen and oxygen atoms in total. The van der Waals surface area contributed by atoms with E-state index in [1.807, 2.05) is 0 Å². The SMILES string of the molecule is C=C1CCC(=C)C(OS(=O)(O)=S)C1. The lowest BCUT2D eigenvalue weighted by atomic mass is 9.90. The van der Waals surface area contributed by atoms with E-state index in [9.17, 15) is 4.21 Å². The lowest BCUT2D eigenvalue weighted by Gasteiger charge is -2.25. The first kappa shape index (κ1) is 10.8. The number of hydrogen-bond acceptors (Lipinski definition) is 3. The molecule has 0 aromatic rings. The Labute approximate surface area is 83.2 Å². The number of rotatable bonds is 2. The number of hydrogen-bond donors (Lipinski definition) is 1. The quantitative estimate of drug-likeness (QED) is 0.721. The van der Waals surface area contributed by atoms with Crippen LogP contribution in [0.4, 0.5) is 0 Å². The van der Waals surface area contributed by atoms with Crippen LogP contribution in [0.1, 0.15) is 19.3 Å². The van der Waals surface area contributed by atoms with Gasteiger partial charge >= 0.3 is 0 Å². The normalized spacial score (nSPS) is 28.5. The summed E-state index contributed by atoms with van der Waals surface area (Å²) in [5.74, 6) is 0. The molecule has 1 fully saturated rings. The van der Waals surface area contributed by atoms with Crippen LogP contribution in [-0.2, 0) is 24.4 Å². The molecule has 0 amide bonds. The van der Waals surface area contributed by atoms with E-state index in [0.29, 0.717) is 6.42 Å². The summed E-state index contributed by atoms with van der Waals surface area (Å²) in [6.07, 6.45) is 1.75. The molecule has 0 aliphatic heterocycles. The maximum atomic E-state index is 10.8. The minimum absolute atomic E-state index is 0.434. The highest BCUT2D eigenvalue weighted by Crippen LogP contribution is 2.28. The van der Waals surface area contributed by atoms with Gasteiger partial charge in [0.2, 0.25) is 0 Å². The van der Waals surface area contributed by atoms with Gasteiger partial charge in [0.25, 0.3) is 9.05 Å². The van der Waals surface area contributed by atoms with Crippen LogP contribution in [-0.4, -0.2) is 14.9 Å². The molecule has 1 saturated carbocycles. The van der Waals surface area contributed by atoms with Crippen LogP contribution in [0.15, 0.2) is 24.3 Å². The monoisotopic (exact) mass is 220 g/mol. The van der Waals surface area contributed by atoms with Crippen molar-refractivity contribution in [3.63, 3.8) is 0 Å². The van der Waals surface area contributed by atoms with Crippen molar-refractivity contribution in [1.29, 1.82) is 0 Å². The van der Waals surface area contributed by atoms with Gasteiger partial charge < -0.3 is 0 Å². The summed E-state index contributed by atoms with van der Waals surface area (Å²) >= 11 is 4.25. The van der Waals surface area contributed by atoms with Gasteiger partial charge in [0, 0.05) is 11.2 Å². The molecule has 0 spiro atoms. The molecule has 0 heterocycles. The smallest absolute Gasteiger partial charge is 0.267 e. The van der Waals surface area contributed by atoms with E-state index in [1.54, 1.807) is 0 Å². The molecule has 13 heavy (non-hydrogen) atoms. The fourth-order valence-electron chi connectivity index (χ4n) is 1.26. The van der Waals surface area contributed by atoms with Gasteiger partial charge in [0.1, 0.15) is 6.10 Å². The van der Waals surface area contributed by atoms with E-state index < -0.39 is 15.2 Å². The Kier molecular flexibility index (Phi) is 3.23.